The molecule has 1 fully saturated rings. The summed E-state index contributed by atoms with van der Waals surface area (Å²) in [4.78, 5) is 24.7. The maximum Gasteiger partial charge on any atom is 0.364 e. The van der Waals surface area contributed by atoms with Gasteiger partial charge in [-0.3, -0.25) is 4.79 Å². The SMILES string of the molecule is O=C(Nc1c(O)c2ccc(O)cc2oc1=O)c1cccc(CCC2CC2)c1. The molecule has 1 saturated carbocycles. The molecule has 6 heteroatoms. The molecule has 3 N–H and O–H groups in total. The monoisotopic (exact) mass is 365 g/mol. The van der Waals surface area contributed by atoms with Crippen LogP contribution in [0.3, 0.4) is 0 Å². The summed E-state index contributed by atoms with van der Waals surface area (Å²) in [7, 11) is 0. The average Bonchev–Trinajstić information content (AvgIpc) is 3.48. The van der Waals surface area contributed by atoms with Gasteiger partial charge in [-0.1, -0.05) is 25.0 Å². The van der Waals surface area contributed by atoms with Crippen molar-refractivity contribution in [3.05, 3.63) is 64.0 Å². The first-order chi connectivity index (χ1) is 13.0. The van der Waals surface area contributed by atoms with Gasteiger partial charge in [0.15, 0.2) is 11.4 Å². The minimum atomic E-state index is -0.885. The molecular formula is C21H19NO5. The quantitative estimate of drug-likeness (QED) is 0.597. The first-order valence-electron chi connectivity index (χ1n) is 8.90. The van der Waals surface area contributed by atoms with Crippen molar-refractivity contribution in [2.45, 2.75) is 25.7 Å². The van der Waals surface area contributed by atoms with Gasteiger partial charge in [-0.15, -0.1) is 0 Å². The van der Waals surface area contributed by atoms with Crippen LogP contribution in [-0.4, -0.2) is 16.1 Å². The number of aryl methyl sites for hydroxylation is 1. The second-order valence-corrected chi connectivity index (χ2v) is 6.93. The van der Waals surface area contributed by atoms with Crippen LogP contribution < -0.4 is 10.9 Å². The van der Waals surface area contributed by atoms with Crippen molar-refractivity contribution in [3.63, 3.8) is 0 Å². The summed E-state index contributed by atoms with van der Waals surface area (Å²) in [5, 5.41) is 22.5. The Hall–Kier alpha value is -3.28. The van der Waals surface area contributed by atoms with Gasteiger partial charge in [0.1, 0.15) is 11.3 Å². The molecule has 1 aromatic heterocycles. The van der Waals surface area contributed by atoms with Gasteiger partial charge in [0, 0.05) is 11.6 Å². The van der Waals surface area contributed by atoms with Crippen LogP contribution in [0, 0.1) is 5.92 Å². The van der Waals surface area contributed by atoms with Crippen LogP contribution >= 0.6 is 0 Å². The zero-order valence-electron chi connectivity index (χ0n) is 14.6. The van der Waals surface area contributed by atoms with E-state index >= 15 is 0 Å². The number of benzene rings is 2. The van der Waals surface area contributed by atoms with Crippen LogP contribution in [0.4, 0.5) is 5.69 Å². The highest BCUT2D eigenvalue weighted by molar-refractivity contribution is 6.06. The average molecular weight is 365 g/mol. The van der Waals surface area contributed by atoms with E-state index in [4.69, 9.17) is 4.42 Å². The van der Waals surface area contributed by atoms with Gasteiger partial charge in [0.25, 0.3) is 5.91 Å². The van der Waals surface area contributed by atoms with Gasteiger partial charge in [0.2, 0.25) is 0 Å². The van der Waals surface area contributed by atoms with Crippen LogP contribution in [0.15, 0.2) is 51.7 Å². The topological polar surface area (TPSA) is 99.8 Å². The molecule has 4 rings (SSSR count). The fraction of sp³-hybridized carbons (Fsp3) is 0.238. The van der Waals surface area contributed by atoms with Crippen molar-refractivity contribution >= 4 is 22.6 Å². The molecule has 3 aromatic rings. The summed E-state index contributed by atoms with van der Waals surface area (Å²) in [6.07, 6.45) is 4.61. The molecule has 0 aliphatic heterocycles. The number of rotatable bonds is 5. The van der Waals surface area contributed by atoms with Crippen molar-refractivity contribution in [2.24, 2.45) is 5.92 Å². The highest BCUT2D eigenvalue weighted by atomic mass is 16.4. The van der Waals surface area contributed by atoms with Crippen LogP contribution in [0.25, 0.3) is 11.0 Å². The minimum absolute atomic E-state index is 0.0394. The maximum absolute atomic E-state index is 12.6. The molecule has 1 amide bonds. The Labute approximate surface area is 155 Å². The molecule has 6 nitrogen and oxygen atoms in total. The molecule has 27 heavy (non-hydrogen) atoms. The first-order valence-corrected chi connectivity index (χ1v) is 8.90. The Balaban J connectivity index is 1.60. The lowest BCUT2D eigenvalue weighted by Crippen LogP contribution is -2.18. The van der Waals surface area contributed by atoms with Gasteiger partial charge in [-0.25, -0.2) is 4.79 Å². The molecule has 0 radical (unpaired) electrons. The Bertz CT molecular complexity index is 1080. The summed E-state index contributed by atoms with van der Waals surface area (Å²) in [5.74, 6) is -0.172. The standard InChI is InChI=1S/C21H19NO5/c23-15-8-9-16-17(11-15)27-21(26)18(19(16)24)22-20(25)14-3-1-2-13(10-14)7-6-12-4-5-12/h1-3,8-12,23-24H,4-7H2,(H,22,25). The largest absolute Gasteiger partial charge is 0.508 e. The number of carbonyl (C=O) groups excluding carboxylic acids is 1. The number of phenolic OH excluding ortho intramolecular Hbond substituents is 1. The van der Waals surface area contributed by atoms with Crippen molar-refractivity contribution in [1.82, 2.24) is 0 Å². The van der Waals surface area contributed by atoms with Crippen LogP contribution in [-0.2, 0) is 6.42 Å². The molecule has 0 saturated heterocycles. The van der Waals surface area contributed by atoms with E-state index < -0.39 is 11.5 Å². The fourth-order valence-electron chi connectivity index (χ4n) is 3.11. The third-order valence-electron chi connectivity index (χ3n) is 4.83. The summed E-state index contributed by atoms with van der Waals surface area (Å²) in [6, 6.07) is 11.2. The lowest BCUT2D eigenvalue weighted by Gasteiger charge is -2.09. The Morgan fingerprint density at radius 2 is 1.96 bits per heavy atom. The number of hydrogen-bond acceptors (Lipinski definition) is 5. The maximum atomic E-state index is 12.6. The number of amides is 1. The smallest absolute Gasteiger partial charge is 0.364 e. The molecule has 1 aliphatic carbocycles. The van der Waals surface area contributed by atoms with Gasteiger partial charge in [-0.2, -0.15) is 0 Å². The molecular weight excluding hydrogens is 346 g/mol. The fourth-order valence-corrected chi connectivity index (χ4v) is 3.11. The summed E-state index contributed by atoms with van der Waals surface area (Å²) < 4.78 is 5.10. The Morgan fingerprint density at radius 3 is 2.74 bits per heavy atom. The molecule has 1 aliphatic rings. The van der Waals surface area contributed by atoms with Crippen LogP contribution in [0.1, 0.15) is 35.2 Å². The number of hydrogen-bond donors (Lipinski definition) is 3. The molecule has 0 spiro atoms. The third kappa shape index (κ3) is 3.65. The summed E-state index contributed by atoms with van der Waals surface area (Å²) in [6.45, 7) is 0. The lowest BCUT2D eigenvalue weighted by molar-refractivity contribution is 0.102. The second kappa shape index (κ2) is 6.79. The number of fused-ring (bicyclic) bond motifs is 1. The highest BCUT2D eigenvalue weighted by Crippen LogP contribution is 2.34. The minimum Gasteiger partial charge on any atom is -0.508 e. The summed E-state index contributed by atoms with van der Waals surface area (Å²) >= 11 is 0. The molecule has 1 heterocycles. The Kier molecular flexibility index (Phi) is 4.32. The van der Waals surface area contributed by atoms with E-state index in [2.05, 4.69) is 5.32 Å². The number of aromatic hydroxyl groups is 2. The molecule has 2 aromatic carbocycles. The number of nitrogens with one attached hydrogen (secondary N) is 1. The third-order valence-corrected chi connectivity index (χ3v) is 4.83. The van der Waals surface area contributed by atoms with E-state index in [0.717, 1.165) is 24.3 Å². The number of carbonyl (C=O) groups is 1. The van der Waals surface area contributed by atoms with Gasteiger partial charge < -0.3 is 19.9 Å². The molecule has 0 bridgehead atoms. The van der Waals surface area contributed by atoms with E-state index in [0.29, 0.717) is 5.56 Å². The summed E-state index contributed by atoms with van der Waals surface area (Å²) in [5.41, 5.74) is 0.315. The number of phenols is 1. The van der Waals surface area contributed by atoms with Crippen molar-refractivity contribution in [3.8, 4) is 11.5 Å². The van der Waals surface area contributed by atoms with E-state index in [1.807, 2.05) is 12.1 Å². The lowest BCUT2D eigenvalue weighted by atomic mass is 10.0. The van der Waals surface area contributed by atoms with Crippen molar-refractivity contribution in [1.29, 1.82) is 0 Å². The highest BCUT2D eigenvalue weighted by Gasteiger charge is 2.21. The van der Waals surface area contributed by atoms with E-state index in [9.17, 15) is 19.8 Å². The zero-order valence-corrected chi connectivity index (χ0v) is 14.6. The van der Waals surface area contributed by atoms with Crippen molar-refractivity contribution in [2.75, 3.05) is 5.32 Å². The van der Waals surface area contributed by atoms with Crippen molar-refractivity contribution < 1.29 is 19.4 Å². The predicted octanol–water partition coefficient (Wildman–Crippen LogP) is 3.80. The van der Waals surface area contributed by atoms with Crippen LogP contribution in [0.2, 0.25) is 0 Å². The second-order valence-electron chi connectivity index (χ2n) is 6.93. The first kappa shape index (κ1) is 17.1. The van der Waals surface area contributed by atoms with E-state index in [1.54, 1.807) is 12.1 Å². The van der Waals surface area contributed by atoms with E-state index in [1.165, 1.54) is 31.0 Å². The predicted molar refractivity (Wildman–Crippen MR) is 101 cm³/mol. The zero-order chi connectivity index (χ0) is 19.0. The normalized spacial score (nSPS) is 13.6. The van der Waals surface area contributed by atoms with Gasteiger partial charge in [0.05, 0.1) is 5.39 Å². The molecule has 0 atom stereocenters. The Morgan fingerprint density at radius 1 is 1.15 bits per heavy atom. The van der Waals surface area contributed by atoms with Gasteiger partial charge >= 0.3 is 5.63 Å². The number of anilines is 1. The molecule has 0 unspecified atom stereocenters. The van der Waals surface area contributed by atoms with E-state index in [-0.39, 0.29) is 28.2 Å². The molecule has 138 valence electrons. The van der Waals surface area contributed by atoms with Crippen LogP contribution in [0.5, 0.6) is 11.5 Å². The van der Waals surface area contributed by atoms with Gasteiger partial charge in [-0.05, 0) is 48.6 Å².